The molecule has 1 aliphatic rings. The summed E-state index contributed by atoms with van der Waals surface area (Å²) >= 11 is 0. The summed E-state index contributed by atoms with van der Waals surface area (Å²) in [5.41, 5.74) is 1.53. The van der Waals surface area contributed by atoms with Gasteiger partial charge in [0.2, 0.25) is 5.95 Å². The van der Waals surface area contributed by atoms with E-state index in [9.17, 15) is 5.26 Å². The second-order valence-corrected chi connectivity index (χ2v) is 5.68. The van der Waals surface area contributed by atoms with Crippen LogP contribution in [0, 0.1) is 11.3 Å². The summed E-state index contributed by atoms with van der Waals surface area (Å²) < 4.78 is 0. The predicted molar refractivity (Wildman–Crippen MR) is 92.9 cm³/mol. The largest absolute Gasteiger partial charge is 0.353 e. The van der Waals surface area contributed by atoms with E-state index >= 15 is 0 Å². The highest BCUT2D eigenvalue weighted by molar-refractivity contribution is 5.86. The van der Waals surface area contributed by atoms with Crippen LogP contribution in [-0.4, -0.2) is 41.1 Å². The van der Waals surface area contributed by atoms with E-state index in [2.05, 4.69) is 25.8 Å². The van der Waals surface area contributed by atoms with Crippen LogP contribution < -0.4 is 9.80 Å². The molecule has 0 saturated carbocycles. The maximum Gasteiger partial charge on any atom is 0.225 e. The lowest BCUT2D eigenvalue weighted by Crippen LogP contribution is -2.47. The van der Waals surface area contributed by atoms with E-state index in [1.165, 1.54) is 0 Å². The topological polar surface area (TPSA) is 68.9 Å². The van der Waals surface area contributed by atoms with Gasteiger partial charge in [0.25, 0.3) is 0 Å². The summed E-state index contributed by atoms with van der Waals surface area (Å²) in [4.78, 5) is 17.7. The molecule has 1 fully saturated rings. The first-order valence-corrected chi connectivity index (χ1v) is 7.92. The molecular formula is C18H16N6. The van der Waals surface area contributed by atoms with Gasteiger partial charge in [-0.25, -0.2) is 15.0 Å². The van der Waals surface area contributed by atoms with Crippen molar-refractivity contribution in [2.75, 3.05) is 36.0 Å². The van der Waals surface area contributed by atoms with Crippen molar-refractivity contribution >= 4 is 22.7 Å². The Bertz CT molecular complexity index is 894. The van der Waals surface area contributed by atoms with Crippen LogP contribution in [0.4, 0.5) is 11.8 Å². The monoisotopic (exact) mass is 316 g/mol. The molecule has 6 nitrogen and oxygen atoms in total. The third-order valence-electron chi connectivity index (χ3n) is 4.26. The van der Waals surface area contributed by atoms with Gasteiger partial charge in [-0.2, -0.15) is 5.26 Å². The summed E-state index contributed by atoms with van der Waals surface area (Å²) in [6.45, 7) is 3.32. The molecule has 3 heterocycles. The number of piperazine rings is 1. The Balaban J connectivity index is 1.58. The Hall–Kier alpha value is -3.20. The average Bonchev–Trinajstić information content (AvgIpc) is 2.68. The van der Waals surface area contributed by atoms with Crippen LogP contribution in [0.5, 0.6) is 0 Å². The highest BCUT2D eigenvalue weighted by Crippen LogP contribution is 2.23. The van der Waals surface area contributed by atoms with Crippen molar-refractivity contribution < 1.29 is 0 Å². The molecule has 0 radical (unpaired) electrons. The number of hydrogen-bond acceptors (Lipinski definition) is 6. The third-order valence-corrected chi connectivity index (χ3v) is 4.26. The molecular weight excluding hydrogens is 300 g/mol. The maximum atomic E-state index is 9.43. The summed E-state index contributed by atoms with van der Waals surface area (Å²) in [5, 5.41) is 10.3. The fourth-order valence-electron chi connectivity index (χ4n) is 3.01. The zero-order chi connectivity index (χ0) is 16.4. The molecule has 0 N–H and O–H groups in total. The summed E-state index contributed by atoms with van der Waals surface area (Å²) in [5.74, 6) is 1.63. The molecule has 0 amide bonds. The standard InChI is InChI=1S/C18H16N6/c19-13-14-12-17(22-16-5-2-1-4-15(14)16)23-8-10-24(11-9-23)18-20-6-3-7-21-18/h1-7,12H,8-11H2. The first-order valence-electron chi connectivity index (χ1n) is 7.92. The molecule has 1 saturated heterocycles. The maximum absolute atomic E-state index is 9.43. The molecule has 0 aliphatic carbocycles. The zero-order valence-electron chi connectivity index (χ0n) is 13.1. The molecule has 6 heteroatoms. The molecule has 1 aromatic carbocycles. The van der Waals surface area contributed by atoms with E-state index in [0.29, 0.717) is 5.56 Å². The van der Waals surface area contributed by atoms with Crippen molar-refractivity contribution in [1.29, 1.82) is 5.26 Å². The van der Waals surface area contributed by atoms with Gasteiger partial charge in [0.1, 0.15) is 5.82 Å². The average molecular weight is 316 g/mol. The Morgan fingerprint density at radius 3 is 2.38 bits per heavy atom. The molecule has 4 rings (SSSR count). The minimum Gasteiger partial charge on any atom is -0.353 e. The van der Waals surface area contributed by atoms with Gasteiger partial charge < -0.3 is 9.80 Å². The number of rotatable bonds is 2. The Labute approximate surface area is 140 Å². The molecule has 1 aliphatic heterocycles. The second kappa shape index (κ2) is 6.13. The zero-order valence-corrected chi connectivity index (χ0v) is 13.1. The van der Waals surface area contributed by atoms with Crippen molar-refractivity contribution in [1.82, 2.24) is 15.0 Å². The molecule has 3 aromatic rings. The van der Waals surface area contributed by atoms with Crippen molar-refractivity contribution in [3.63, 3.8) is 0 Å². The molecule has 0 bridgehead atoms. The number of anilines is 2. The first-order chi connectivity index (χ1) is 11.8. The van der Waals surface area contributed by atoms with Crippen molar-refractivity contribution in [3.05, 3.63) is 54.4 Å². The molecule has 2 aromatic heterocycles. The summed E-state index contributed by atoms with van der Waals surface area (Å²) in [7, 11) is 0. The first kappa shape index (κ1) is 14.4. The second-order valence-electron chi connectivity index (χ2n) is 5.68. The highest BCUT2D eigenvalue weighted by atomic mass is 15.3. The van der Waals surface area contributed by atoms with Crippen molar-refractivity contribution in [2.24, 2.45) is 0 Å². The van der Waals surface area contributed by atoms with Crippen LogP contribution in [0.25, 0.3) is 10.9 Å². The number of fused-ring (bicyclic) bond motifs is 1. The molecule has 24 heavy (non-hydrogen) atoms. The third kappa shape index (κ3) is 2.61. The normalized spacial score (nSPS) is 14.6. The van der Waals surface area contributed by atoms with Crippen LogP contribution in [-0.2, 0) is 0 Å². The lowest BCUT2D eigenvalue weighted by molar-refractivity contribution is 0.635. The molecule has 0 atom stereocenters. The number of pyridine rings is 1. The minimum atomic E-state index is 0.671. The molecule has 118 valence electrons. The number of benzene rings is 1. The van der Waals surface area contributed by atoms with Crippen LogP contribution in [0.1, 0.15) is 5.56 Å². The van der Waals surface area contributed by atoms with Gasteiger partial charge in [-0.15, -0.1) is 0 Å². The van der Waals surface area contributed by atoms with E-state index in [4.69, 9.17) is 4.98 Å². The van der Waals surface area contributed by atoms with Crippen molar-refractivity contribution in [3.8, 4) is 6.07 Å². The highest BCUT2D eigenvalue weighted by Gasteiger charge is 2.20. The van der Waals surface area contributed by atoms with E-state index < -0.39 is 0 Å². The number of hydrogen-bond donors (Lipinski definition) is 0. The lowest BCUT2D eigenvalue weighted by atomic mass is 10.1. The van der Waals surface area contributed by atoms with Gasteiger partial charge in [-0.3, -0.25) is 0 Å². The van der Waals surface area contributed by atoms with E-state index in [1.54, 1.807) is 12.4 Å². The fourth-order valence-corrected chi connectivity index (χ4v) is 3.01. The number of nitrogens with zero attached hydrogens (tertiary/aromatic N) is 6. The quantitative estimate of drug-likeness (QED) is 0.722. The summed E-state index contributed by atoms with van der Waals surface area (Å²) in [6.07, 6.45) is 3.53. The number of aromatic nitrogens is 3. The van der Waals surface area contributed by atoms with Crippen LogP contribution >= 0.6 is 0 Å². The van der Waals surface area contributed by atoms with Gasteiger partial charge in [0, 0.05) is 44.0 Å². The Kier molecular flexibility index (Phi) is 3.67. The van der Waals surface area contributed by atoms with Crippen LogP contribution in [0.3, 0.4) is 0 Å². The molecule has 0 spiro atoms. The Morgan fingerprint density at radius 1 is 0.917 bits per heavy atom. The SMILES string of the molecule is N#Cc1cc(N2CCN(c3ncccn3)CC2)nc2ccccc12. The van der Waals surface area contributed by atoms with E-state index in [0.717, 1.165) is 48.8 Å². The van der Waals surface area contributed by atoms with Crippen LogP contribution in [0.2, 0.25) is 0 Å². The van der Waals surface area contributed by atoms with E-state index in [1.807, 2.05) is 36.4 Å². The van der Waals surface area contributed by atoms with Crippen LogP contribution in [0.15, 0.2) is 48.8 Å². The van der Waals surface area contributed by atoms with Gasteiger partial charge in [0.15, 0.2) is 0 Å². The van der Waals surface area contributed by atoms with Crippen molar-refractivity contribution in [2.45, 2.75) is 0 Å². The van der Waals surface area contributed by atoms with E-state index in [-0.39, 0.29) is 0 Å². The minimum absolute atomic E-state index is 0.671. The van der Waals surface area contributed by atoms with Gasteiger partial charge in [-0.1, -0.05) is 18.2 Å². The van der Waals surface area contributed by atoms with Gasteiger partial charge >= 0.3 is 0 Å². The fraction of sp³-hybridized carbons (Fsp3) is 0.222. The Morgan fingerprint density at radius 2 is 1.62 bits per heavy atom. The smallest absolute Gasteiger partial charge is 0.225 e. The summed E-state index contributed by atoms with van der Waals surface area (Å²) in [6, 6.07) is 13.8. The number of para-hydroxylation sites is 1. The van der Waals surface area contributed by atoms with Gasteiger partial charge in [-0.05, 0) is 18.2 Å². The lowest BCUT2D eigenvalue weighted by Gasteiger charge is -2.35. The van der Waals surface area contributed by atoms with Gasteiger partial charge in [0.05, 0.1) is 17.1 Å². The number of nitriles is 1. The molecule has 0 unspecified atom stereocenters. The predicted octanol–water partition coefficient (Wildman–Crippen LogP) is 2.22.